The number of hydrogen-bond acceptors (Lipinski definition) is 4. The summed E-state index contributed by atoms with van der Waals surface area (Å²) in [6, 6.07) is 8.11. The smallest absolute Gasteiger partial charge is 0.258 e. The second kappa shape index (κ2) is 4.20. The molecule has 2 aromatic heterocycles. The Morgan fingerprint density at radius 1 is 1.26 bits per heavy atom. The van der Waals surface area contributed by atoms with E-state index < -0.39 is 0 Å². The molecule has 5 heteroatoms. The lowest BCUT2D eigenvalue weighted by molar-refractivity contribution is 0.192. The van der Waals surface area contributed by atoms with Crippen LogP contribution < -0.4 is 0 Å². The van der Waals surface area contributed by atoms with Gasteiger partial charge in [-0.1, -0.05) is 11.2 Å². The summed E-state index contributed by atoms with van der Waals surface area (Å²) in [6.07, 6.45) is 2.89. The van der Waals surface area contributed by atoms with Crippen LogP contribution in [-0.4, -0.2) is 28.3 Å². The van der Waals surface area contributed by atoms with Gasteiger partial charge in [0.05, 0.1) is 6.61 Å². The Balaban J connectivity index is 1.70. The van der Waals surface area contributed by atoms with Crippen LogP contribution in [0.3, 0.4) is 0 Å². The van der Waals surface area contributed by atoms with Gasteiger partial charge in [0.25, 0.3) is 5.89 Å². The number of nitrogens with one attached hydrogen (secondary N) is 1. The Bertz CT molecular complexity index is 710. The van der Waals surface area contributed by atoms with E-state index in [0.717, 1.165) is 29.9 Å². The Kier molecular flexibility index (Phi) is 2.38. The lowest BCUT2D eigenvalue weighted by atomic mass is 10.1. The summed E-state index contributed by atoms with van der Waals surface area (Å²) in [7, 11) is 0. The molecule has 1 atom stereocenters. The van der Waals surface area contributed by atoms with Gasteiger partial charge in [0.15, 0.2) is 5.82 Å². The highest BCUT2D eigenvalue weighted by Crippen LogP contribution is 2.27. The summed E-state index contributed by atoms with van der Waals surface area (Å²) in [5, 5.41) is 5.24. The molecule has 5 nitrogen and oxygen atoms in total. The molecule has 1 N–H and O–H groups in total. The van der Waals surface area contributed by atoms with Gasteiger partial charge in [-0.2, -0.15) is 4.98 Å². The number of fused-ring (bicyclic) bond motifs is 1. The Labute approximate surface area is 109 Å². The zero-order valence-electron chi connectivity index (χ0n) is 10.3. The van der Waals surface area contributed by atoms with Gasteiger partial charge in [0.2, 0.25) is 0 Å². The second-order valence-electron chi connectivity index (χ2n) is 4.80. The average Bonchev–Trinajstić information content (AvgIpc) is 3.18. The first-order valence-corrected chi connectivity index (χ1v) is 6.39. The van der Waals surface area contributed by atoms with Crippen LogP contribution in [-0.2, 0) is 4.74 Å². The highest BCUT2D eigenvalue weighted by atomic mass is 16.5. The van der Waals surface area contributed by atoms with Crippen LogP contribution in [0.4, 0.5) is 0 Å². The quantitative estimate of drug-likeness (QED) is 0.764. The van der Waals surface area contributed by atoms with Gasteiger partial charge in [-0.25, -0.2) is 0 Å². The van der Waals surface area contributed by atoms with Gasteiger partial charge < -0.3 is 14.2 Å². The summed E-state index contributed by atoms with van der Waals surface area (Å²) in [4.78, 5) is 7.66. The number of benzene rings is 1. The number of hydrogen-bond donors (Lipinski definition) is 1. The van der Waals surface area contributed by atoms with Crippen molar-refractivity contribution in [2.24, 2.45) is 0 Å². The molecule has 19 heavy (non-hydrogen) atoms. The molecule has 1 aliphatic rings. The summed E-state index contributed by atoms with van der Waals surface area (Å²) in [6.45, 7) is 1.47. The van der Waals surface area contributed by atoms with E-state index in [1.54, 1.807) is 0 Å². The topological polar surface area (TPSA) is 63.9 Å². The van der Waals surface area contributed by atoms with Gasteiger partial charge in [0, 0.05) is 29.8 Å². The van der Waals surface area contributed by atoms with Crippen molar-refractivity contribution < 1.29 is 9.26 Å². The molecule has 1 aliphatic heterocycles. The van der Waals surface area contributed by atoms with Crippen LogP contribution in [0.1, 0.15) is 18.2 Å². The van der Waals surface area contributed by atoms with Crippen molar-refractivity contribution >= 4 is 10.9 Å². The van der Waals surface area contributed by atoms with Crippen molar-refractivity contribution in [1.82, 2.24) is 15.1 Å². The first-order valence-electron chi connectivity index (χ1n) is 6.39. The average molecular weight is 255 g/mol. The fourth-order valence-corrected chi connectivity index (χ4v) is 2.44. The predicted octanol–water partition coefficient (Wildman–Crippen LogP) is 2.72. The molecule has 3 aromatic rings. The monoisotopic (exact) mass is 255 g/mol. The molecule has 96 valence electrons. The van der Waals surface area contributed by atoms with Crippen LogP contribution in [0.5, 0.6) is 0 Å². The van der Waals surface area contributed by atoms with Crippen LogP contribution in [0.15, 0.2) is 35.0 Å². The minimum absolute atomic E-state index is 0.270. The molecule has 1 aromatic carbocycles. The fourth-order valence-electron chi connectivity index (χ4n) is 2.44. The van der Waals surface area contributed by atoms with Gasteiger partial charge >= 0.3 is 0 Å². The highest BCUT2D eigenvalue weighted by molar-refractivity contribution is 5.83. The third-order valence-corrected chi connectivity index (χ3v) is 3.54. The molecular weight excluding hydrogens is 242 g/mol. The maximum Gasteiger partial charge on any atom is 0.258 e. The van der Waals surface area contributed by atoms with Crippen molar-refractivity contribution in [3.05, 3.63) is 36.3 Å². The third kappa shape index (κ3) is 1.82. The Morgan fingerprint density at radius 2 is 2.26 bits per heavy atom. The summed E-state index contributed by atoms with van der Waals surface area (Å²) in [5.74, 6) is 1.59. The summed E-state index contributed by atoms with van der Waals surface area (Å²) < 4.78 is 10.7. The number of ether oxygens (including phenoxy) is 1. The maximum atomic E-state index is 5.36. The van der Waals surface area contributed by atoms with E-state index >= 15 is 0 Å². The maximum absolute atomic E-state index is 5.36. The number of nitrogens with zero attached hydrogens (tertiary/aromatic N) is 2. The molecule has 1 saturated heterocycles. The molecular formula is C14H13N3O2. The second-order valence-corrected chi connectivity index (χ2v) is 4.80. The van der Waals surface area contributed by atoms with Crippen molar-refractivity contribution in [3.8, 4) is 11.5 Å². The van der Waals surface area contributed by atoms with Crippen molar-refractivity contribution in [1.29, 1.82) is 0 Å². The summed E-state index contributed by atoms with van der Waals surface area (Å²) >= 11 is 0. The number of aromatic amines is 1. The van der Waals surface area contributed by atoms with E-state index in [9.17, 15) is 0 Å². The van der Waals surface area contributed by atoms with Gasteiger partial charge in [-0.3, -0.25) is 0 Å². The largest absolute Gasteiger partial charge is 0.381 e. The summed E-state index contributed by atoms with van der Waals surface area (Å²) in [5.41, 5.74) is 2.01. The minimum Gasteiger partial charge on any atom is -0.381 e. The van der Waals surface area contributed by atoms with Crippen LogP contribution in [0, 0.1) is 0 Å². The molecule has 0 bridgehead atoms. The molecule has 0 aliphatic carbocycles. The van der Waals surface area contributed by atoms with E-state index in [4.69, 9.17) is 9.26 Å². The van der Waals surface area contributed by atoms with Crippen LogP contribution in [0.2, 0.25) is 0 Å². The zero-order valence-corrected chi connectivity index (χ0v) is 10.3. The molecule has 3 heterocycles. The van der Waals surface area contributed by atoms with Crippen LogP contribution in [0.25, 0.3) is 22.4 Å². The SMILES string of the molecule is c1cc2ccc(-c3nc(C4CCOC4)no3)cc2[nH]1. The van der Waals surface area contributed by atoms with Crippen molar-refractivity contribution in [3.63, 3.8) is 0 Å². The van der Waals surface area contributed by atoms with Crippen LogP contribution >= 0.6 is 0 Å². The van der Waals surface area contributed by atoms with Crippen molar-refractivity contribution in [2.75, 3.05) is 13.2 Å². The lowest BCUT2D eigenvalue weighted by Gasteiger charge is -1.98. The molecule has 0 saturated carbocycles. The zero-order chi connectivity index (χ0) is 12.7. The van der Waals surface area contributed by atoms with E-state index in [1.807, 2.05) is 30.5 Å². The predicted molar refractivity (Wildman–Crippen MR) is 69.8 cm³/mol. The van der Waals surface area contributed by atoms with E-state index in [-0.39, 0.29) is 5.92 Å². The lowest BCUT2D eigenvalue weighted by Crippen LogP contribution is -1.99. The first kappa shape index (κ1) is 10.8. The molecule has 1 fully saturated rings. The Morgan fingerprint density at radius 3 is 3.16 bits per heavy atom. The number of rotatable bonds is 2. The molecule has 4 rings (SSSR count). The standard InChI is InChI=1S/C14H13N3O2/c1-2-10(7-12-9(1)3-5-15-12)14-16-13(17-19-14)11-4-6-18-8-11/h1-3,5,7,11,15H,4,6,8H2. The normalized spacial score (nSPS) is 19.3. The van der Waals surface area contributed by atoms with E-state index in [0.29, 0.717) is 12.5 Å². The molecule has 0 spiro atoms. The van der Waals surface area contributed by atoms with E-state index in [2.05, 4.69) is 15.1 Å². The van der Waals surface area contributed by atoms with E-state index in [1.165, 1.54) is 5.39 Å². The first-order chi connectivity index (χ1) is 9.40. The molecule has 1 unspecified atom stereocenters. The minimum atomic E-state index is 0.270. The van der Waals surface area contributed by atoms with Gasteiger partial charge in [-0.05, 0) is 30.0 Å². The fraction of sp³-hybridized carbons (Fsp3) is 0.286. The Hall–Kier alpha value is -2.14. The third-order valence-electron chi connectivity index (χ3n) is 3.54. The highest BCUT2D eigenvalue weighted by Gasteiger charge is 2.23. The number of aromatic nitrogens is 3. The van der Waals surface area contributed by atoms with Gasteiger partial charge in [0.1, 0.15) is 0 Å². The molecule has 0 amide bonds. The van der Waals surface area contributed by atoms with Gasteiger partial charge in [-0.15, -0.1) is 0 Å². The molecule has 0 radical (unpaired) electrons. The number of H-pyrrole nitrogens is 1. The van der Waals surface area contributed by atoms with Crippen molar-refractivity contribution in [2.45, 2.75) is 12.3 Å².